The Kier molecular flexibility index (Phi) is 8.00. The summed E-state index contributed by atoms with van der Waals surface area (Å²) in [7, 11) is 0. The maximum absolute atomic E-state index is 12.9. The molecule has 3 aliphatic rings. The van der Waals surface area contributed by atoms with E-state index in [9.17, 15) is 18.0 Å². The Labute approximate surface area is 238 Å². The number of allylic oxidation sites excluding steroid dienone is 4. The second kappa shape index (κ2) is 11.2. The molecule has 0 saturated heterocycles. The molecule has 1 saturated carbocycles. The van der Waals surface area contributed by atoms with E-state index in [1.54, 1.807) is 0 Å². The molecule has 2 aromatic heterocycles. The number of halogens is 3. The molecule has 11 heteroatoms. The van der Waals surface area contributed by atoms with Gasteiger partial charge >= 0.3 is 12.1 Å². The van der Waals surface area contributed by atoms with Crippen LogP contribution in [0.2, 0.25) is 0 Å². The lowest BCUT2D eigenvalue weighted by atomic mass is 9.73. The quantitative estimate of drug-likeness (QED) is 0.359. The summed E-state index contributed by atoms with van der Waals surface area (Å²) in [5, 5.41) is 14.5. The molecular weight excluding hydrogens is 531 g/mol. The molecule has 1 unspecified atom stereocenters. The molecule has 0 radical (unpaired) electrons. The molecule has 41 heavy (non-hydrogen) atoms. The number of carbonyl (C=O) groups is 1. The van der Waals surface area contributed by atoms with E-state index in [1.807, 2.05) is 16.0 Å². The van der Waals surface area contributed by atoms with Crippen molar-refractivity contribution in [3.05, 3.63) is 34.9 Å². The molecule has 1 aliphatic heterocycles. The fourth-order valence-electron chi connectivity index (χ4n) is 6.49. The lowest BCUT2D eigenvalue weighted by Crippen LogP contribution is -2.36. The highest BCUT2D eigenvalue weighted by molar-refractivity contribution is 6.07. The zero-order chi connectivity index (χ0) is 29.6. The maximum Gasteiger partial charge on any atom is 0.471 e. The molecule has 2 aromatic rings. The minimum absolute atomic E-state index is 0.0335. The fraction of sp³-hybridized carbons (Fsp3) is 0.633. The Morgan fingerprint density at radius 2 is 1.85 bits per heavy atom. The van der Waals surface area contributed by atoms with E-state index in [2.05, 4.69) is 56.0 Å². The van der Waals surface area contributed by atoms with Gasteiger partial charge in [-0.1, -0.05) is 51.3 Å². The number of imidazole rings is 1. The molecule has 3 N–H and O–H groups in total. The Morgan fingerprint density at radius 1 is 1.12 bits per heavy atom. The van der Waals surface area contributed by atoms with Crippen LogP contribution in [0, 0.1) is 35.0 Å². The molecule has 8 nitrogen and oxygen atoms in total. The molecule has 4 atom stereocenters. The summed E-state index contributed by atoms with van der Waals surface area (Å²) in [5.41, 5.74) is 3.81. The van der Waals surface area contributed by atoms with Gasteiger partial charge in [0.2, 0.25) is 0 Å². The number of alkyl halides is 3. The van der Waals surface area contributed by atoms with Gasteiger partial charge in [-0.25, -0.2) is 15.0 Å². The number of hydrogen-bond acceptors (Lipinski definition) is 6. The van der Waals surface area contributed by atoms with Crippen molar-refractivity contribution in [3.63, 3.8) is 0 Å². The first-order valence-electron chi connectivity index (χ1n) is 14.7. The van der Waals surface area contributed by atoms with Gasteiger partial charge < -0.3 is 15.2 Å². The van der Waals surface area contributed by atoms with E-state index in [4.69, 9.17) is 10.4 Å². The number of carbonyl (C=O) groups excluding carboxylic acids is 1. The molecule has 0 aromatic carbocycles. The average molecular weight is 572 g/mol. The Bertz CT molecular complexity index is 1400. The van der Waals surface area contributed by atoms with E-state index in [-0.39, 0.29) is 35.3 Å². The Balaban J connectivity index is 1.64. The molecule has 0 spiro atoms. The van der Waals surface area contributed by atoms with Crippen molar-refractivity contribution in [2.24, 2.45) is 29.6 Å². The topological polar surface area (TPSA) is 109 Å². The largest absolute Gasteiger partial charge is 0.471 e. The van der Waals surface area contributed by atoms with E-state index >= 15 is 0 Å². The van der Waals surface area contributed by atoms with Gasteiger partial charge in [0.15, 0.2) is 23.1 Å². The summed E-state index contributed by atoms with van der Waals surface area (Å²) >= 11 is 0. The Morgan fingerprint density at radius 3 is 2.49 bits per heavy atom. The van der Waals surface area contributed by atoms with Crippen LogP contribution in [0.1, 0.15) is 78.4 Å². The van der Waals surface area contributed by atoms with Crippen LogP contribution in [0.3, 0.4) is 0 Å². The fourth-order valence-corrected chi connectivity index (χ4v) is 6.49. The average Bonchev–Trinajstić information content (AvgIpc) is 3.22. The summed E-state index contributed by atoms with van der Waals surface area (Å²) in [4.78, 5) is 25.4. The molecule has 5 rings (SSSR count). The third-order valence-electron chi connectivity index (χ3n) is 9.14. The molecule has 222 valence electrons. The van der Waals surface area contributed by atoms with Crippen molar-refractivity contribution in [3.8, 4) is 0 Å². The number of fused-ring (bicyclic) bond motifs is 4. The van der Waals surface area contributed by atoms with Crippen molar-refractivity contribution in [1.82, 2.24) is 24.8 Å². The predicted molar refractivity (Wildman–Crippen MR) is 153 cm³/mol. The molecule has 2 bridgehead atoms. The van der Waals surface area contributed by atoms with Crippen LogP contribution >= 0.6 is 0 Å². The summed E-state index contributed by atoms with van der Waals surface area (Å²) in [5.74, 6) is 0.557. The highest BCUT2D eigenvalue weighted by Gasteiger charge is 2.38. The SMILES string of the molecule is CC(C)/C1=C/C(=N)c2nc3nc(CNC(=O)C(F)(F)F)nc(N[C@H](C)C4CCC4)c3n2C[C@H]2C=C(C1C)[C@H](C)CC2. The van der Waals surface area contributed by atoms with Crippen molar-refractivity contribution in [2.75, 3.05) is 5.32 Å². The first-order valence-corrected chi connectivity index (χ1v) is 14.7. The highest BCUT2D eigenvalue weighted by Crippen LogP contribution is 2.40. The van der Waals surface area contributed by atoms with Crippen LogP contribution in [-0.2, 0) is 17.9 Å². The summed E-state index contributed by atoms with van der Waals surface area (Å²) in [6.07, 6.45) is 4.79. The van der Waals surface area contributed by atoms with Gasteiger partial charge in [0.1, 0.15) is 5.52 Å². The van der Waals surface area contributed by atoms with Gasteiger partial charge in [-0.15, -0.1) is 0 Å². The van der Waals surface area contributed by atoms with Crippen LogP contribution < -0.4 is 10.6 Å². The first kappa shape index (κ1) is 29.3. The number of aromatic nitrogens is 4. The highest BCUT2D eigenvalue weighted by atomic mass is 19.4. The Hall–Kier alpha value is -3.24. The molecule has 2 aliphatic carbocycles. The number of nitrogens with zero attached hydrogens (tertiary/aromatic N) is 4. The maximum atomic E-state index is 12.9. The zero-order valence-electron chi connectivity index (χ0n) is 24.4. The number of hydrogen-bond donors (Lipinski definition) is 3. The van der Waals surface area contributed by atoms with Crippen LogP contribution in [0.4, 0.5) is 19.0 Å². The smallest absolute Gasteiger partial charge is 0.365 e. The molecular formula is C30H40F3N7O. The monoisotopic (exact) mass is 571 g/mol. The van der Waals surface area contributed by atoms with E-state index in [0.29, 0.717) is 41.2 Å². The lowest BCUT2D eigenvalue weighted by molar-refractivity contribution is -0.173. The number of nitrogens with one attached hydrogen (secondary N) is 3. The van der Waals surface area contributed by atoms with E-state index in [0.717, 1.165) is 25.7 Å². The minimum Gasteiger partial charge on any atom is -0.365 e. The van der Waals surface area contributed by atoms with Gasteiger partial charge in [-0.2, -0.15) is 13.2 Å². The van der Waals surface area contributed by atoms with Crippen LogP contribution in [-0.4, -0.2) is 43.4 Å². The summed E-state index contributed by atoms with van der Waals surface area (Å²) in [6, 6.07) is 0.0833. The summed E-state index contributed by atoms with van der Waals surface area (Å²) < 4.78 is 40.6. The van der Waals surface area contributed by atoms with Gasteiger partial charge in [0.25, 0.3) is 0 Å². The second-order valence-corrected chi connectivity index (χ2v) is 12.4. The predicted octanol–water partition coefficient (Wildman–Crippen LogP) is 6.18. The van der Waals surface area contributed by atoms with Crippen LogP contribution in [0.15, 0.2) is 23.3 Å². The van der Waals surface area contributed by atoms with Gasteiger partial charge in [0, 0.05) is 12.6 Å². The van der Waals surface area contributed by atoms with Crippen molar-refractivity contribution in [1.29, 1.82) is 5.41 Å². The van der Waals surface area contributed by atoms with Gasteiger partial charge in [0.05, 0.1) is 12.3 Å². The molecule has 3 heterocycles. The number of rotatable bonds is 6. The van der Waals surface area contributed by atoms with E-state index < -0.39 is 18.6 Å². The number of anilines is 1. The van der Waals surface area contributed by atoms with Crippen LogP contribution in [0.25, 0.3) is 11.2 Å². The van der Waals surface area contributed by atoms with Crippen LogP contribution in [0.5, 0.6) is 0 Å². The summed E-state index contributed by atoms with van der Waals surface area (Å²) in [6.45, 7) is 11.0. The zero-order valence-corrected chi connectivity index (χ0v) is 24.4. The second-order valence-electron chi connectivity index (χ2n) is 12.4. The van der Waals surface area contributed by atoms with Crippen molar-refractivity contribution >= 4 is 28.6 Å². The third-order valence-corrected chi connectivity index (χ3v) is 9.14. The number of amides is 1. The van der Waals surface area contributed by atoms with Gasteiger partial charge in [-0.3, -0.25) is 10.2 Å². The normalized spacial score (nSPS) is 25.6. The third kappa shape index (κ3) is 5.90. The standard InChI is InChI=1S/C30H40F3N7O/c1-15(2)21-12-23(34)28-39-27-25(40(28)14-19-10-9-16(3)22(11-19)17(21)4)26(36-18(5)20-7-6-8-20)37-24(38-27)13-35-29(41)30(31,32)33/h11-12,15-20,34H,6-10,13-14H2,1-5H3,(H,35,41)(H,36,37,38)/b21-12-,34-23?/t16-,17?,18-,19-/m1/s1. The molecule has 1 amide bonds. The van der Waals surface area contributed by atoms with Crippen molar-refractivity contribution in [2.45, 2.75) is 92.0 Å². The van der Waals surface area contributed by atoms with Crippen molar-refractivity contribution < 1.29 is 18.0 Å². The van der Waals surface area contributed by atoms with Gasteiger partial charge in [-0.05, 0) is 68.3 Å². The lowest BCUT2D eigenvalue weighted by Gasteiger charge is -2.34. The van der Waals surface area contributed by atoms with E-state index in [1.165, 1.54) is 17.6 Å². The minimum atomic E-state index is -5.00. The first-order chi connectivity index (χ1) is 19.3. The molecule has 1 fully saturated rings.